The Morgan fingerprint density at radius 3 is 2.28 bits per heavy atom. The number of benzene rings is 2. The predicted octanol–water partition coefficient (Wildman–Crippen LogP) is 4.25. The highest BCUT2D eigenvalue weighted by Crippen LogP contribution is 2.40. The molecule has 3 rings (SSSR count). The van der Waals surface area contributed by atoms with Crippen LogP contribution in [0.5, 0.6) is 17.2 Å². The molecule has 32 heavy (non-hydrogen) atoms. The normalized spacial score (nSPS) is 14.6. The molecule has 1 saturated heterocycles. The van der Waals surface area contributed by atoms with Crippen LogP contribution in [-0.2, 0) is 9.59 Å². The van der Waals surface area contributed by atoms with Crippen molar-refractivity contribution in [1.82, 2.24) is 4.90 Å². The Labute approximate surface area is 196 Å². The van der Waals surface area contributed by atoms with Crippen LogP contribution in [0, 0.1) is 6.92 Å². The molecule has 0 unspecified atom stereocenters. The van der Waals surface area contributed by atoms with E-state index in [2.05, 4.69) is 5.32 Å². The zero-order valence-corrected chi connectivity index (χ0v) is 19.9. The average molecular weight is 473 g/mol. The highest BCUT2D eigenvalue weighted by atomic mass is 32.2. The van der Waals surface area contributed by atoms with Gasteiger partial charge in [0.05, 0.1) is 26.2 Å². The van der Waals surface area contributed by atoms with Crippen LogP contribution in [0.1, 0.15) is 17.5 Å². The van der Waals surface area contributed by atoms with Crippen molar-refractivity contribution in [2.75, 3.05) is 33.2 Å². The van der Waals surface area contributed by atoms with Gasteiger partial charge < -0.3 is 19.5 Å². The molecule has 1 heterocycles. The minimum atomic E-state index is -0.239. The number of rotatable bonds is 8. The summed E-state index contributed by atoms with van der Waals surface area (Å²) in [4.78, 5) is 27.1. The second-order valence-electron chi connectivity index (χ2n) is 6.96. The molecule has 0 radical (unpaired) electrons. The summed E-state index contributed by atoms with van der Waals surface area (Å²) in [7, 11) is 4.59. The van der Waals surface area contributed by atoms with Gasteiger partial charge in [-0.15, -0.1) is 0 Å². The first-order valence-corrected chi connectivity index (χ1v) is 11.0. The fourth-order valence-corrected chi connectivity index (χ4v) is 4.41. The van der Waals surface area contributed by atoms with E-state index in [1.165, 1.54) is 38.0 Å². The zero-order chi connectivity index (χ0) is 23.3. The molecule has 2 aromatic rings. The third-order valence-electron chi connectivity index (χ3n) is 4.76. The van der Waals surface area contributed by atoms with E-state index in [9.17, 15) is 9.59 Å². The van der Waals surface area contributed by atoms with Gasteiger partial charge >= 0.3 is 0 Å². The number of aryl methyl sites for hydroxylation is 1. The summed E-state index contributed by atoms with van der Waals surface area (Å²) >= 11 is 6.56. The number of hydrogen-bond donors (Lipinski definition) is 1. The highest BCUT2D eigenvalue weighted by Gasteiger charge is 2.32. The Kier molecular flexibility index (Phi) is 7.76. The van der Waals surface area contributed by atoms with E-state index in [1.807, 2.05) is 31.2 Å². The minimum Gasteiger partial charge on any atom is -0.493 e. The van der Waals surface area contributed by atoms with E-state index in [1.54, 1.807) is 18.2 Å². The standard InChI is InChI=1S/C23H24N2O5S2/c1-14-5-7-16(8-6-14)24-20(26)9-10-25-22(27)19(32-23(25)31)13-15-11-17(28-2)21(30-4)18(12-15)29-3/h5-8,11-13H,9-10H2,1-4H3,(H,24,26)/b19-13-. The molecular formula is C23H24N2O5S2. The quantitative estimate of drug-likeness (QED) is 0.455. The maximum atomic E-state index is 12.9. The molecule has 9 heteroatoms. The van der Waals surface area contributed by atoms with Crippen LogP contribution in [0.25, 0.3) is 6.08 Å². The largest absolute Gasteiger partial charge is 0.493 e. The van der Waals surface area contributed by atoms with Crippen LogP contribution in [0.2, 0.25) is 0 Å². The third-order valence-corrected chi connectivity index (χ3v) is 6.13. The molecule has 0 aliphatic carbocycles. The Morgan fingerprint density at radius 1 is 1.09 bits per heavy atom. The summed E-state index contributed by atoms with van der Waals surface area (Å²) in [6, 6.07) is 11.0. The summed E-state index contributed by atoms with van der Waals surface area (Å²) in [5.41, 5.74) is 2.53. The van der Waals surface area contributed by atoms with Gasteiger partial charge in [-0.25, -0.2) is 0 Å². The van der Waals surface area contributed by atoms with E-state index in [0.29, 0.717) is 37.7 Å². The minimum absolute atomic E-state index is 0.137. The van der Waals surface area contributed by atoms with E-state index in [-0.39, 0.29) is 24.8 Å². The maximum Gasteiger partial charge on any atom is 0.266 e. The Balaban J connectivity index is 1.69. The molecule has 0 aromatic heterocycles. The van der Waals surface area contributed by atoms with Gasteiger partial charge in [0, 0.05) is 18.7 Å². The molecule has 0 atom stereocenters. The smallest absolute Gasteiger partial charge is 0.266 e. The Hall–Kier alpha value is -3.04. The van der Waals surface area contributed by atoms with Gasteiger partial charge in [0.25, 0.3) is 5.91 Å². The van der Waals surface area contributed by atoms with Crippen molar-refractivity contribution in [3.63, 3.8) is 0 Å². The van der Waals surface area contributed by atoms with Gasteiger partial charge in [-0.05, 0) is 42.8 Å². The number of anilines is 1. The predicted molar refractivity (Wildman–Crippen MR) is 130 cm³/mol. The number of nitrogens with zero attached hydrogens (tertiary/aromatic N) is 1. The van der Waals surface area contributed by atoms with Crippen molar-refractivity contribution in [1.29, 1.82) is 0 Å². The monoisotopic (exact) mass is 472 g/mol. The molecule has 2 aromatic carbocycles. The van der Waals surface area contributed by atoms with Crippen molar-refractivity contribution in [2.45, 2.75) is 13.3 Å². The number of methoxy groups -OCH3 is 3. The van der Waals surface area contributed by atoms with Crippen LogP contribution in [-0.4, -0.2) is 48.9 Å². The molecule has 0 bridgehead atoms. The topological polar surface area (TPSA) is 77.1 Å². The first kappa shape index (κ1) is 23.6. The van der Waals surface area contributed by atoms with Crippen LogP contribution in [0.15, 0.2) is 41.3 Å². The van der Waals surface area contributed by atoms with Crippen LogP contribution < -0.4 is 19.5 Å². The molecule has 2 amide bonds. The molecule has 168 valence electrons. The number of carbonyl (C=O) groups is 2. The molecule has 0 spiro atoms. The van der Waals surface area contributed by atoms with Gasteiger partial charge in [0.15, 0.2) is 11.5 Å². The van der Waals surface area contributed by atoms with E-state index < -0.39 is 0 Å². The van der Waals surface area contributed by atoms with Gasteiger partial charge in [0.1, 0.15) is 4.32 Å². The van der Waals surface area contributed by atoms with Gasteiger partial charge in [-0.1, -0.05) is 41.7 Å². The second kappa shape index (κ2) is 10.5. The summed E-state index contributed by atoms with van der Waals surface area (Å²) < 4.78 is 16.5. The third kappa shape index (κ3) is 5.41. The fraction of sp³-hybridized carbons (Fsp3) is 0.261. The van der Waals surface area contributed by atoms with Crippen LogP contribution in [0.3, 0.4) is 0 Å². The fourth-order valence-electron chi connectivity index (χ4n) is 3.10. The summed E-state index contributed by atoms with van der Waals surface area (Å²) in [6.07, 6.45) is 1.86. The second-order valence-corrected chi connectivity index (χ2v) is 8.63. The number of ether oxygens (including phenoxy) is 3. The molecule has 7 nitrogen and oxygen atoms in total. The van der Waals surface area contributed by atoms with Crippen molar-refractivity contribution in [3.8, 4) is 17.2 Å². The maximum absolute atomic E-state index is 12.9. The van der Waals surface area contributed by atoms with Crippen LogP contribution >= 0.6 is 24.0 Å². The summed E-state index contributed by atoms with van der Waals surface area (Å²) in [5.74, 6) is 1.02. The number of thioether (sulfide) groups is 1. The molecule has 1 N–H and O–H groups in total. The highest BCUT2D eigenvalue weighted by molar-refractivity contribution is 8.26. The lowest BCUT2D eigenvalue weighted by Crippen LogP contribution is -2.31. The first-order valence-electron chi connectivity index (χ1n) is 9.78. The van der Waals surface area contributed by atoms with Gasteiger partial charge in [-0.2, -0.15) is 0 Å². The lowest BCUT2D eigenvalue weighted by Gasteiger charge is -2.14. The van der Waals surface area contributed by atoms with E-state index in [4.69, 9.17) is 26.4 Å². The molecule has 1 fully saturated rings. The molecular weight excluding hydrogens is 448 g/mol. The van der Waals surface area contributed by atoms with Crippen LogP contribution in [0.4, 0.5) is 5.69 Å². The first-order chi connectivity index (χ1) is 15.4. The Morgan fingerprint density at radius 2 is 1.72 bits per heavy atom. The SMILES string of the molecule is COc1cc(/C=C2\SC(=S)N(CCC(=O)Nc3ccc(C)cc3)C2=O)cc(OC)c1OC. The number of nitrogens with one attached hydrogen (secondary N) is 1. The Bertz CT molecular complexity index is 1040. The van der Waals surface area contributed by atoms with Gasteiger partial charge in [-0.3, -0.25) is 14.5 Å². The number of carbonyl (C=O) groups excluding carboxylic acids is 2. The van der Waals surface area contributed by atoms with Crippen molar-refractivity contribution in [2.24, 2.45) is 0 Å². The lowest BCUT2D eigenvalue weighted by atomic mass is 10.1. The van der Waals surface area contributed by atoms with Crippen molar-refractivity contribution in [3.05, 3.63) is 52.4 Å². The number of thiocarbonyl (C=S) groups is 1. The van der Waals surface area contributed by atoms with Crippen molar-refractivity contribution >= 4 is 51.9 Å². The number of hydrogen-bond acceptors (Lipinski definition) is 7. The van der Waals surface area contributed by atoms with E-state index in [0.717, 1.165) is 5.56 Å². The summed E-state index contributed by atoms with van der Waals surface area (Å²) in [5, 5.41) is 2.83. The zero-order valence-electron chi connectivity index (χ0n) is 18.3. The lowest BCUT2D eigenvalue weighted by molar-refractivity contribution is -0.122. The number of amides is 2. The molecule has 1 aliphatic rings. The van der Waals surface area contributed by atoms with Gasteiger partial charge in [0.2, 0.25) is 11.7 Å². The van der Waals surface area contributed by atoms with Crippen molar-refractivity contribution < 1.29 is 23.8 Å². The summed E-state index contributed by atoms with van der Waals surface area (Å²) in [6.45, 7) is 2.18. The average Bonchev–Trinajstić information content (AvgIpc) is 3.05. The van der Waals surface area contributed by atoms with E-state index >= 15 is 0 Å². The molecule has 0 saturated carbocycles. The molecule has 1 aliphatic heterocycles.